The Morgan fingerprint density at radius 2 is 1.83 bits per heavy atom. The van der Waals surface area contributed by atoms with Crippen molar-refractivity contribution in [2.45, 2.75) is 46.6 Å². The van der Waals surface area contributed by atoms with E-state index in [9.17, 15) is 4.79 Å². The number of nitrogens with one attached hydrogen (secondary N) is 2. The number of hydrogen-bond acceptors (Lipinski definition) is 4. The van der Waals surface area contributed by atoms with Gasteiger partial charge < -0.3 is 10.6 Å². The Morgan fingerprint density at radius 3 is 2.54 bits per heavy atom. The van der Waals surface area contributed by atoms with Crippen LogP contribution in [-0.2, 0) is 6.54 Å². The van der Waals surface area contributed by atoms with Crippen molar-refractivity contribution in [3.05, 3.63) is 53.0 Å². The van der Waals surface area contributed by atoms with Crippen molar-refractivity contribution < 1.29 is 4.79 Å². The minimum atomic E-state index is -0.183. The molecule has 0 saturated carbocycles. The van der Waals surface area contributed by atoms with E-state index in [1.54, 1.807) is 13.0 Å². The smallest absolute Gasteiger partial charge is 0.270 e. The number of carbonyl (C=O) groups is 1. The van der Waals surface area contributed by atoms with Gasteiger partial charge in [-0.05, 0) is 25.8 Å². The fourth-order valence-electron chi connectivity index (χ4n) is 2.34. The van der Waals surface area contributed by atoms with E-state index in [-0.39, 0.29) is 5.91 Å². The van der Waals surface area contributed by atoms with E-state index in [1.165, 1.54) is 18.4 Å². The van der Waals surface area contributed by atoms with Crippen molar-refractivity contribution in [2.75, 3.05) is 11.9 Å². The van der Waals surface area contributed by atoms with Crippen LogP contribution in [0, 0.1) is 13.8 Å². The molecule has 1 aromatic heterocycles. The van der Waals surface area contributed by atoms with Crippen LogP contribution in [0.25, 0.3) is 0 Å². The van der Waals surface area contributed by atoms with Crippen molar-refractivity contribution in [2.24, 2.45) is 0 Å². The van der Waals surface area contributed by atoms with Crippen LogP contribution in [0.15, 0.2) is 30.3 Å². The molecule has 5 heteroatoms. The SMILES string of the molecule is CCCCCNc1cc(C(=O)NCc2ccc(C)cc2)nc(C)n1. The summed E-state index contributed by atoms with van der Waals surface area (Å²) in [6, 6.07) is 9.82. The van der Waals surface area contributed by atoms with Gasteiger partial charge in [0.1, 0.15) is 17.3 Å². The van der Waals surface area contributed by atoms with Crippen LogP contribution in [0.1, 0.15) is 53.6 Å². The molecule has 0 aliphatic carbocycles. The highest BCUT2D eigenvalue weighted by Crippen LogP contribution is 2.08. The first-order valence-corrected chi connectivity index (χ1v) is 8.52. The second-order valence-electron chi connectivity index (χ2n) is 5.99. The molecule has 0 aliphatic rings. The van der Waals surface area contributed by atoms with Gasteiger partial charge in [-0.3, -0.25) is 4.79 Å². The number of unbranched alkanes of at least 4 members (excludes halogenated alkanes) is 2. The fraction of sp³-hybridized carbons (Fsp3) is 0.421. The van der Waals surface area contributed by atoms with E-state index < -0.39 is 0 Å². The molecule has 5 nitrogen and oxygen atoms in total. The number of rotatable bonds is 8. The third-order valence-electron chi connectivity index (χ3n) is 3.73. The highest BCUT2D eigenvalue weighted by molar-refractivity contribution is 5.92. The van der Waals surface area contributed by atoms with Crippen molar-refractivity contribution in [1.29, 1.82) is 0 Å². The molecular formula is C19H26N4O. The van der Waals surface area contributed by atoms with Crippen LogP contribution in [-0.4, -0.2) is 22.4 Å². The van der Waals surface area contributed by atoms with Crippen LogP contribution in [0.3, 0.4) is 0 Å². The second kappa shape index (κ2) is 9.01. The monoisotopic (exact) mass is 326 g/mol. The lowest BCUT2D eigenvalue weighted by Crippen LogP contribution is -2.24. The summed E-state index contributed by atoms with van der Waals surface area (Å²) in [5.74, 6) is 1.12. The predicted molar refractivity (Wildman–Crippen MR) is 97.1 cm³/mol. The standard InChI is InChI=1S/C19H26N4O/c1-4-5-6-11-20-18-12-17(22-15(3)23-18)19(24)21-13-16-9-7-14(2)8-10-16/h7-10,12H,4-6,11,13H2,1-3H3,(H,21,24)(H,20,22,23). The van der Waals surface area contributed by atoms with Gasteiger partial charge in [-0.15, -0.1) is 0 Å². The number of anilines is 1. The van der Waals surface area contributed by atoms with Gasteiger partial charge >= 0.3 is 0 Å². The molecule has 24 heavy (non-hydrogen) atoms. The van der Waals surface area contributed by atoms with Crippen LogP contribution in [0.4, 0.5) is 5.82 Å². The van der Waals surface area contributed by atoms with Crippen LogP contribution in [0.2, 0.25) is 0 Å². The molecule has 1 amide bonds. The molecule has 0 bridgehead atoms. The third-order valence-corrected chi connectivity index (χ3v) is 3.73. The first-order chi connectivity index (χ1) is 11.6. The van der Waals surface area contributed by atoms with Crippen molar-refractivity contribution in [3.8, 4) is 0 Å². The van der Waals surface area contributed by atoms with E-state index in [4.69, 9.17) is 0 Å². The van der Waals surface area contributed by atoms with Gasteiger partial charge in [0.05, 0.1) is 0 Å². The maximum atomic E-state index is 12.3. The van der Waals surface area contributed by atoms with Crippen LogP contribution >= 0.6 is 0 Å². The molecular weight excluding hydrogens is 300 g/mol. The minimum absolute atomic E-state index is 0.183. The Balaban J connectivity index is 1.95. The van der Waals surface area contributed by atoms with E-state index >= 15 is 0 Å². The fourth-order valence-corrected chi connectivity index (χ4v) is 2.34. The number of aryl methyl sites for hydroxylation is 2. The first kappa shape index (κ1) is 17.9. The zero-order chi connectivity index (χ0) is 17.4. The molecule has 0 fully saturated rings. The minimum Gasteiger partial charge on any atom is -0.370 e. The van der Waals surface area contributed by atoms with E-state index in [2.05, 4.69) is 27.5 Å². The summed E-state index contributed by atoms with van der Waals surface area (Å²) in [7, 11) is 0. The van der Waals surface area contributed by atoms with Gasteiger partial charge in [0.25, 0.3) is 5.91 Å². The lowest BCUT2D eigenvalue weighted by atomic mass is 10.1. The highest BCUT2D eigenvalue weighted by Gasteiger charge is 2.10. The lowest BCUT2D eigenvalue weighted by Gasteiger charge is -2.09. The Labute approximate surface area is 143 Å². The maximum Gasteiger partial charge on any atom is 0.270 e. The third kappa shape index (κ3) is 5.65. The summed E-state index contributed by atoms with van der Waals surface area (Å²) >= 11 is 0. The van der Waals surface area contributed by atoms with Gasteiger partial charge in [-0.25, -0.2) is 9.97 Å². The summed E-state index contributed by atoms with van der Waals surface area (Å²) in [6.45, 7) is 7.36. The number of amides is 1. The van der Waals surface area contributed by atoms with E-state index in [0.29, 0.717) is 23.9 Å². The van der Waals surface area contributed by atoms with Gasteiger partial charge in [-0.2, -0.15) is 0 Å². The largest absolute Gasteiger partial charge is 0.370 e. The van der Waals surface area contributed by atoms with Crippen molar-refractivity contribution >= 4 is 11.7 Å². The van der Waals surface area contributed by atoms with E-state index in [1.807, 2.05) is 31.2 Å². The molecule has 2 rings (SSSR count). The predicted octanol–water partition coefficient (Wildman–Crippen LogP) is 3.63. The Kier molecular flexibility index (Phi) is 6.73. The Bertz CT molecular complexity index is 668. The molecule has 0 aliphatic heterocycles. The zero-order valence-corrected chi connectivity index (χ0v) is 14.7. The molecule has 0 radical (unpaired) electrons. The Morgan fingerprint density at radius 1 is 1.08 bits per heavy atom. The molecule has 0 saturated heterocycles. The van der Waals surface area contributed by atoms with Gasteiger partial charge in [0, 0.05) is 19.2 Å². The number of benzene rings is 1. The van der Waals surface area contributed by atoms with Gasteiger partial charge in [0.15, 0.2) is 0 Å². The average Bonchev–Trinajstić information content (AvgIpc) is 2.57. The second-order valence-corrected chi connectivity index (χ2v) is 5.99. The van der Waals surface area contributed by atoms with Crippen LogP contribution in [0.5, 0.6) is 0 Å². The molecule has 0 spiro atoms. The van der Waals surface area contributed by atoms with Gasteiger partial charge in [0.2, 0.25) is 0 Å². The molecule has 0 atom stereocenters. The maximum absolute atomic E-state index is 12.3. The summed E-state index contributed by atoms with van der Waals surface area (Å²) in [5, 5.41) is 6.17. The summed E-state index contributed by atoms with van der Waals surface area (Å²) in [5.41, 5.74) is 2.67. The number of hydrogen-bond donors (Lipinski definition) is 2. The summed E-state index contributed by atoms with van der Waals surface area (Å²) in [6.07, 6.45) is 3.45. The number of aromatic nitrogens is 2. The topological polar surface area (TPSA) is 66.9 Å². The Hall–Kier alpha value is -2.43. The lowest BCUT2D eigenvalue weighted by molar-refractivity contribution is 0.0945. The molecule has 1 heterocycles. The normalized spacial score (nSPS) is 10.5. The number of carbonyl (C=O) groups excluding carboxylic acids is 1. The zero-order valence-electron chi connectivity index (χ0n) is 14.7. The van der Waals surface area contributed by atoms with E-state index in [0.717, 1.165) is 18.5 Å². The quantitative estimate of drug-likeness (QED) is 0.727. The highest BCUT2D eigenvalue weighted by atomic mass is 16.1. The summed E-state index contributed by atoms with van der Waals surface area (Å²) in [4.78, 5) is 20.9. The summed E-state index contributed by atoms with van der Waals surface area (Å²) < 4.78 is 0. The van der Waals surface area contributed by atoms with Crippen molar-refractivity contribution in [1.82, 2.24) is 15.3 Å². The molecule has 2 N–H and O–H groups in total. The molecule has 2 aromatic rings. The average molecular weight is 326 g/mol. The van der Waals surface area contributed by atoms with Crippen LogP contribution < -0.4 is 10.6 Å². The number of nitrogens with zero attached hydrogens (tertiary/aromatic N) is 2. The van der Waals surface area contributed by atoms with Gasteiger partial charge in [-0.1, -0.05) is 49.6 Å². The molecule has 0 unspecified atom stereocenters. The molecule has 1 aromatic carbocycles. The molecule has 128 valence electrons. The first-order valence-electron chi connectivity index (χ1n) is 8.52. The van der Waals surface area contributed by atoms with Crippen molar-refractivity contribution in [3.63, 3.8) is 0 Å².